The molecule has 0 saturated heterocycles. The van der Waals surface area contributed by atoms with Crippen molar-refractivity contribution in [1.82, 2.24) is 20.1 Å². The van der Waals surface area contributed by atoms with Crippen molar-refractivity contribution in [3.05, 3.63) is 89.2 Å². The molecule has 5 rings (SSSR count). The molecule has 31 heavy (non-hydrogen) atoms. The van der Waals surface area contributed by atoms with Crippen LogP contribution in [0, 0.1) is 0 Å². The molecule has 0 unspecified atom stereocenters. The zero-order valence-electron chi connectivity index (χ0n) is 17.2. The Kier molecular flexibility index (Phi) is 5.03. The molecule has 1 aliphatic carbocycles. The monoisotopic (exact) mass is 416 g/mol. The van der Waals surface area contributed by atoms with Crippen molar-refractivity contribution in [3.63, 3.8) is 0 Å². The molecular formula is C24H24N4O3. The number of ketones is 1. The fourth-order valence-electron chi connectivity index (χ4n) is 4.81. The van der Waals surface area contributed by atoms with Gasteiger partial charge in [0.2, 0.25) is 0 Å². The predicted octanol–water partition coefficient (Wildman–Crippen LogP) is 3.28. The number of aromatic nitrogens is 3. The number of fused-ring (bicyclic) bond motifs is 1. The highest BCUT2D eigenvalue weighted by molar-refractivity contribution is 5.99. The van der Waals surface area contributed by atoms with Gasteiger partial charge in [0, 0.05) is 18.9 Å². The third-order valence-electron chi connectivity index (χ3n) is 6.31. The number of nitrogens with one attached hydrogen (secondary N) is 1. The highest BCUT2D eigenvalue weighted by Gasteiger charge is 2.42. The molecule has 2 heterocycles. The van der Waals surface area contributed by atoms with Gasteiger partial charge in [0.15, 0.2) is 5.78 Å². The minimum Gasteiger partial charge on any atom is -0.510 e. The van der Waals surface area contributed by atoms with Crippen LogP contribution in [0.1, 0.15) is 41.1 Å². The average molecular weight is 416 g/mol. The fourth-order valence-corrected chi connectivity index (χ4v) is 4.81. The van der Waals surface area contributed by atoms with E-state index in [1.165, 1.54) is 11.9 Å². The number of benzene rings is 2. The summed E-state index contributed by atoms with van der Waals surface area (Å²) in [5.74, 6) is 0.481. The second kappa shape index (κ2) is 8.00. The van der Waals surface area contributed by atoms with E-state index in [-0.39, 0.29) is 29.9 Å². The van der Waals surface area contributed by atoms with Gasteiger partial charge in [-0.2, -0.15) is 5.10 Å². The van der Waals surface area contributed by atoms with E-state index in [4.69, 9.17) is 4.74 Å². The normalized spacial score (nSPS) is 23.5. The molecule has 0 saturated carbocycles. The van der Waals surface area contributed by atoms with Gasteiger partial charge in [-0.05, 0) is 35.2 Å². The Morgan fingerprint density at radius 1 is 1.16 bits per heavy atom. The first-order valence-electron chi connectivity index (χ1n) is 10.4. The summed E-state index contributed by atoms with van der Waals surface area (Å²) in [5, 5.41) is 19.2. The van der Waals surface area contributed by atoms with Crippen LogP contribution >= 0.6 is 0 Å². The van der Waals surface area contributed by atoms with E-state index < -0.39 is 6.04 Å². The Balaban J connectivity index is 1.62. The van der Waals surface area contributed by atoms with E-state index in [1.807, 2.05) is 42.5 Å². The van der Waals surface area contributed by atoms with Gasteiger partial charge < -0.3 is 15.2 Å². The van der Waals surface area contributed by atoms with Crippen LogP contribution in [0.3, 0.4) is 0 Å². The molecule has 2 aliphatic rings. The molecule has 0 bridgehead atoms. The van der Waals surface area contributed by atoms with Crippen molar-refractivity contribution < 1.29 is 14.6 Å². The van der Waals surface area contributed by atoms with Gasteiger partial charge in [0.05, 0.1) is 18.7 Å². The quantitative estimate of drug-likeness (QED) is 0.679. The van der Waals surface area contributed by atoms with Crippen molar-refractivity contribution in [3.8, 4) is 5.75 Å². The molecule has 3 atom stereocenters. The number of allylic oxidation sites excluding steroid dienone is 1. The molecule has 0 amide bonds. The van der Waals surface area contributed by atoms with Crippen LogP contribution in [-0.2, 0) is 11.2 Å². The van der Waals surface area contributed by atoms with Crippen molar-refractivity contribution in [1.29, 1.82) is 0 Å². The number of methoxy groups -OCH3 is 1. The van der Waals surface area contributed by atoms with E-state index in [0.717, 1.165) is 29.8 Å². The fraction of sp³-hybridized carbons (Fsp3) is 0.292. The molecule has 158 valence electrons. The summed E-state index contributed by atoms with van der Waals surface area (Å²) >= 11 is 0. The standard InChI is InChI=1S/C24H24N4O3/c1-31-17-8-6-16(7-9-17)19-12-20(29)21(24(30)23(19)28-14-25-13-27-28)22-18-5-3-2-4-15(18)10-11-26-22/h2-9,13-14,19,22-23,26,30H,10-12H2,1H3/t19-,22-,23+/m0/s1. The Morgan fingerprint density at radius 2 is 1.97 bits per heavy atom. The molecule has 7 heteroatoms. The van der Waals surface area contributed by atoms with Crippen LogP contribution in [0.4, 0.5) is 0 Å². The van der Waals surface area contributed by atoms with Crippen molar-refractivity contribution >= 4 is 5.78 Å². The number of nitrogens with zero attached hydrogens (tertiary/aromatic N) is 3. The zero-order chi connectivity index (χ0) is 21.4. The van der Waals surface area contributed by atoms with Gasteiger partial charge in [-0.25, -0.2) is 9.67 Å². The summed E-state index contributed by atoms with van der Waals surface area (Å²) < 4.78 is 6.91. The maximum atomic E-state index is 13.4. The Bertz CT molecular complexity index is 1120. The first-order chi connectivity index (χ1) is 15.2. The SMILES string of the molecule is COc1ccc([C@@H]2CC(=O)C([C@H]3NCCc4ccccc43)=C(O)[C@@H]2n2cncn2)cc1. The number of hydrogen-bond acceptors (Lipinski definition) is 6. The number of hydrogen-bond donors (Lipinski definition) is 2. The molecule has 0 spiro atoms. The summed E-state index contributed by atoms with van der Waals surface area (Å²) in [6.07, 6.45) is 4.21. The lowest BCUT2D eigenvalue weighted by molar-refractivity contribution is -0.117. The second-order valence-electron chi connectivity index (χ2n) is 7.96. The van der Waals surface area contributed by atoms with Crippen LogP contribution < -0.4 is 10.1 Å². The van der Waals surface area contributed by atoms with Gasteiger partial charge in [-0.15, -0.1) is 0 Å². The predicted molar refractivity (Wildman–Crippen MR) is 115 cm³/mol. The number of Topliss-reactive ketones (excluding diaryl/α,β-unsaturated/α-hetero) is 1. The van der Waals surface area contributed by atoms with Gasteiger partial charge in [-0.3, -0.25) is 4.79 Å². The summed E-state index contributed by atoms with van der Waals surface area (Å²) in [6.45, 7) is 0.752. The van der Waals surface area contributed by atoms with E-state index in [1.54, 1.807) is 18.1 Å². The number of carbonyl (C=O) groups is 1. The third kappa shape index (κ3) is 3.41. The highest BCUT2D eigenvalue weighted by Crippen LogP contribution is 2.45. The van der Waals surface area contributed by atoms with Gasteiger partial charge in [0.25, 0.3) is 0 Å². The number of ether oxygens (including phenoxy) is 1. The molecular weight excluding hydrogens is 392 g/mol. The third-order valence-corrected chi connectivity index (χ3v) is 6.31. The smallest absolute Gasteiger partial charge is 0.164 e. The van der Waals surface area contributed by atoms with Crippen LogP contribution in [0.2, 0.25) is 0 Å². The minimum atomic E-state index is -0.514. The number of aliphatic hydroxyl groups is 1. The van der Waals surface area contributed by atoms with E-state index in [2.05, 4.69) is 21.5 Å². The molecule has 1 aliphatic heterocycles. The second-order valence-corrected chi connectivity index (χ2v) is 7.96. The van der Waals surface area contributed by atoms with Crippen LogP contribution in [0.25, 0.3) is 0 Å². The molecule has 7 nitrogen and oxygen atoms in total. The van der Waals surface area contributed by atoms with E-state index in [0.29, 0.717) is 5.57 Å². The average Bonchev–Trinajstić information content (AvgIpc) is 3.33. The van der Waals surface area contributed by atoms with Crippen LogP contribution in [0.5, 0.6) is 5.75 Å². The number of rotatable bonds is 4. The van der Waals surface area contributed by atoms with Crippen LogP contribution in [-0.4, -0.2) is 39.3 Å². The summed E-state index contributed by atoms with van der Waals surface area (Å²) in [5.41, 5.74) is 3.62. The first kappa shape index (κ1) is 19.5. The maximum absolute atomic E-state index is 13.4. The van der Waals surface area contributed by atoms with Crippen molar-refractivity contribution in [2.45, 2.75) is 30.8 Å². The molecule has 2 N–H and O–H groups in total. The zero-order valence-corrected chi connectivity index (χ0v) is 17.2. The molecule has 1 aromatic heterocycles. The summed E-state index contributed by atoms with van der Waals surface area (Å²) in [7, 11) is 1.62. The minimum absolute atomic E-state index is 0.0520. The van der Waals surface area contributed by atoms with E-state index >= 15 is 0 Å². The lowest BCUT2D eigenvalue weighted by Crippen LogP contribution is -2.38. The lowest BCUT2D eigenvalue weighted by Gasteiger charge is -2.36. The molecule has 2 aromatic carbocycles. The first-order valence-corrected chi connectivity index (χ1v) is 10.4. The van der Waals surface area contributed by atoms with Gasteiger partial charge >= 0.3 is 0 Å². The molecule has 0 fully saturated rings. The maximum Gasteiger partial charge on any atom is 0.164 e. The highest BCUT2D eigenvalue weighted by atomic mass is 16.5. The largest absolute Gasteiger partial charge is 0.510 e. The topological polar surface area (TPSA) is 89.3 Å². The number of carbonyl (C=O) groups excluding carboxylic acids is 1. The van der Waals surface area contributed by atoms with Crippen molar-refractivity contribution in [2.75, 3.05) is 13.7 Å². The number of aliphatic hydroxyl groups excluding tert-OH is 1. The Hall–Kier alpha value is -3.45. The molecule has 3 aromatic rings. The Morgan fingerprint density at radius 3 is 2.71 bits per heavy atom. The summed E-state index contributed by atoms with van der Waals surface area (Å²) in [4.78, 5) is 17.5. The lowest BCUT2D eigenvalue weighted by atomic mass is 9.75. The van der Waals surface area contributed by atoms with Crippen LogP contribution in [0.15, 0.2) is 72.5 Å². The molecule has 0 radical (unpaired) electrons. The van der Waals surface area contributed by atoms with E-state index in [9.17, 15) is 9.90 Å². The summed E-state index contributed by atoms with van der Waals surface area (Å²) in [6, 6.07) is 14.9. The van der Waals surface area contributed by atoms with Crippen molar-refractivity contribution in [2.24, 2.45) is 0 Å². The van der Waals surface area contributed by atoms with Gasteiger partial charge in [-0.1, -0.05) is 36.4 Å². The van der Waals surface area contributed by atoms with Gasteiger partial charge in [0.1, 0.15) is 30.2 Å². The Labute approximate surface area is 180 Å².